The first-order valence-corrected chi connectivity index (χ1v) is 7.81. The molecule has 0 bridgehead atoms. The molecule has 0 aliphatic rings. The molecule has 0 aromatic carbocycles. The molecular weight excluding hydrogens is 194 g/mol. The molecule has 0 aliphatic heterocycles. The van der Waals surface area contributed by atoms with E-state index < -0.39 is 8.67 Å². The van der Waals surface area contributed by atoms with Crippen LogP contribution >= 0.6 is 0 Å². The van der Waals surface area contributed by atoms with Crippen LogP contribution in [0.1, 0.15) is 48.5 Å². The highest BCUT2D eigenvalue weighted by Gasteiger charge is 2.45. The first-order chi connectivity index (χ1) is 6.35. The van der Waals surface area contributed by atoms with Gasteiger partial charge >= 0.3 is 0 Å². The average molecular weight is 219 g/mol. The highest BCUT2D eigenvalue weighted by Crippen LogP contribution is 2.53. The predicted octanol–water partition coefficient (Wildman–Crippen LogP) is 3.37. The van der Waals surface area contributed by atoms with E-state index in [0.717, 1.165) is 0 Å². The Bertz CT molecular complexity index is 214. The normalized spacial score (nSPS) is 20.1. The van der Waals surface area contributed by atoms with E-state index in [4.69, 9.17) is 15.3 Å². The Labute approximate surface area is 101 Å². The molecule has 0 heterocycles. The fourth-order valence-electron chi connectivity index (χ4n) is 2.04. The molecule has 0 rings (SSSR count). The molecule has 3 heteroatoms. The Morgan fingerprint density at radius 3 is 1.53 bits per heavy atom. The molecule has 2 unspecified atom stereocenters. The van der Waals surface area contributed by atoms with Gasteiger partial charge in [0.1, 0.15) is 0 Å². The van der Waals surface area contributed by atoms with E-state index in [1.54, 1.807) is 0 Å². The van der Waals surface area contributed by atoms with Crippen molar-refractivity contribution in [3.63, 3.8) is 0 Å². The van der Waals surface area contributed by atoms with E-state index in [-0.39, 0.29) is 15.8 Å². The Balaban J connectivity index is 5.14. The highest BCUT2D eigenvalue weighted by molar-refractivity contribution is 7.07. The van der Waals surface area contributed by atoms with Gasteiger partial charge in [0.15, 0.2) is 0 Å². The van der Waals surface area contributed by atoms with E-state index in [1.165, 1.54) is 0 Å². The van der Waals surface area contributed by atoms with Gasteiger partial charge in [-0.3, -0.25) is 0 Å². The zero-order valence-corrected chi connectivity index (χ0v) is 12.7. The van der Waals surface area contributed by atoms with Gasteiger partial charge in [-0.25, -0.2) is 0 Å². The van der Waals surface area contributed by atoms with Gasteiger partial charge in [0.25, 0.3) is 0 Å². The maximum atomic E-state index is 6.46. The number of hydrogen-bond acceptors (Lipinski definition) is 0. The van der Waals surface area contributed by atoms with Crippen LogP contribution in [0.15, 0.2) is 0 Å². The summed E-state index contributed by atoms with van der Waals surface area (Å²) in [5.41, 5.74) is 0.324. The Kier molecular flexibility index (Phi) is 4.41. The van der Waals surface area contributed by atoms with Crippen molar-refractivity contribution >= 4 is 24.0 Å². The largest absolute Gasteiger partial charge is 0.0780 e. The standard InChI is InChI=1S/C12H25B2Si/c1-9(10(2,3)4)11(5,6)12(7,13)15(8)14/h9H,1-8H3. The SMILES string of the molecule is [B][Si](C)C([B])(C)C(C)(C)C(C)C(C)(C)C. The third kappa shape index (κ3) is 2.92. The molecule has 0 amide bonds. The lowest BCUT2D eigenvalue weighted by molar-refractivity contribution is 0.0872. The molecular formula is C12H25B2Si. The van der Waals surface area contributed by atoms with Crippen molar-refractivity contribution in [2.45, 2.75) is 60.0 Å². The van der Waals surface area contributed by atoms with E-state index in [2.05, 4.69) is 55.0 Å². The van der Waals surface area contributed by atoms with E-state index >= 15 is 0 Å². The lowest BCUT2D eigenvalue weighted by atomic mass is 9.56. The number of hydrogen-bond donors (Lipinski definition) is 0. The fourth-order valence-corrected chi connectivity index (χ4v) is 3.27. The molecule has 0 nitrogen and oxygen atoms in total. The molecule has 0 fully saturated rings. The average Bonchev–Trinajstić information content (AvgIpc) is 2.00. The lowest BCUT2D eigenvalue weighted by Gasteiger charge is -2.53. The molecule has 83 valence electrons. The van der Waals surface area contributed by atoms with Gasteiger partial charge in [-0.05, 0) is 25.4 Å². The van der Waals surface area contributed by atoms with Crippen LogP contribution in [-0.4, -0.2) is 24.0 Å². The monoisotopic (exact) mass is 219 g/mol. The summed E-state index contributed by atoms with van der Waals surface area (Å²) in [5.74, 6) is 0.531. The van der Waals surface area contributed by atoms with Crippen LogP contribution in [0.3, 0.4) is 0 Å². The van der Waals surface area contributed by atoms with E-state index in [0.29, 0.717) is 5.92 Å². The molecule has 0 aromatic heterocycles. The maximum Gasteiger partial charge on any atom is 0.0698 e. The van der Waals surface area contributed by atoms with Crippen LogP contribution in [-0.2, 0) is 0 Å². The first kappa shape index (κ1) is 15.3. The molecule has 0 spiro atoms. The topological polar surface area (TPSA) is 0 Å². The minimum atomic E-state index is -0.994. The zero-order valence-electron chi connectivity index (χ0n) is 11.7. The van der Waals surface area contributed by atoms with Crippen LogP contribution in [0.25, 0.3) is 0 Å². The highest BCUT2D eigenvalue weighted by atomic mass is 28.3. The van der Waals surface area contributed by atoms with Crippen molar-refractivity contribution in [2.24, 2.45) is 16.7 Å². The summed E-state index contributed by atoms with van der Waals surface area (Å²) in [7, 11) is 11.6. The van der Waals surface area contributed by atoms with Crippen molar-refractivity contribution in [1.29, 1.82) is 0 Å². The van der Waals surface area contributed by atoms with E-state index in [9.17, 15) is 0 Å². The van der Waals surface area contributed by atoms with Crippen molar-refractivity contribution in [3.05, 3.63) is 0 Å². The summed E-state index contributed by atoms with van der Waals surface area (Å²) in [5, 5.41) is 0. The number of rotatable bonds is 3. The minimum Gasteiger partial charge on any atom is -0.0780 e. The first-order valence-electron chi connectivity index (χ1n) is 5.73. The van der Waals surface area contributed by atoms with Crippen LogP contribution in [0.4, 0.5) is 0 Å². The van der Waals surface area contributed by atoms with Crippen LogP contribution in [0, 0.1) is 16.7 Å². The van der Waals surface area contributed by atoms with Gasteiger partial charge in [-0.1, -0.05) is 60.0 Å². The quantitative estimate of drug-likeness (QED) is 0.638. The van der Waals surface area contributed by atoms with Crippen LogP contribution in [0.5, 0.6) is 0 Å². The third-order valence-corrected chi connectivity index (χ3v) is 6.82. The molecule has 0 aromatic rings. The molecule has 15 heavy (non-hydrogen) atoms. The minimum absolute atomic E-state index is 0.0586. The zero-order chi connectivity index (χ0) is 12.7. The predicted molar refractivity (Wildman–Crippen MR) is 73.9 cm³/mol. The van der Waals surface area contributed by atoms with Crippen molar-refractivity contribution in [3.8, 4) is 0 Å². The van der Waals surface area contributed by atoms with Gasteiger partial charge in [0.05, 0.1) is 15.3 Å². The molecule has 0 N–H and O–H groups in total. The van der Waals surface area contributed by atoms with Crippen LogP contribution in [0.2, 0.25) is 11.5 Å². The van der Waals surface area contributed by atoms with Crippen molar-refractivity contribution in [2.75, 3.05) is 0 Å². The van der Waals surface area contributed by atoms with Crippen LogP contribution < -0.4 is 0 Å². The second-order valence-corrected chi connectivity index (χ2v) is 9.10. The van der Waals surface area contributed by atoms with Gasteiger partial charge in [-0.2, -0.15) is 0 Å². The van der Waals surface area contributed by atoms with Gasteiger partial charge in [0, 0.05) is 0 Å². The third-order valence-electron chi connectivity index (χ3n) is 4.54. The maximum absolute atomic E-state index is 6.46. The second kappa shape index (κ2) is 4.31. The van der Waals surface area contributed by atoms with Crippen molar-refractivity contribution < 1.29 is 0 Å². The summed E-state index contributed by atoms with van der Waals surface area (Å²) in [4.78, 5) is -0.246. The summed E-state index contributed by atoms with van der Waals surface area (Å²) in [6.07, 6.45) is 0. The lowest BCUT2D eigenvalue weighted by Crippen LogP contribution is -2.48. The Morgan fingerprint density at radius 2 is 1.33 bits per heavy atom. The van der Waals surface area contributed by atoms with E-state index in [1.807, 2.05) is 0 Å². The molecule has 0 saturated carbocycles. The fraction of sp³-hybridized carbons (Fsp3) is 1.00. The molecule has 0 saturated heterocycles. The summed E-state index contributed by atoms with van der Waals surface area (Å²) < 4.78 is 0. The Hall–Kier alpha value is 0.347. The van der Waals surface area contributed by atoms with Gasteiger partial charge in [0.2, 0.25) is 0 Å². The van der Waals surface area contributed by atoms with Gasteiger partial charge in [-0.15, -0.1) is 0 Å². The summed E-state index contributed by atoms with van der Waals surface area (Å²) >= 11 is 0. The molecule has 2 atom stereocenters. The van der Waals surface area contributed by atoms with Crippen molar-refractivity contribution in [1.82, 2.24) is 0 Å². The summed E-state index contributed by atoms with van der Waals surface area (Å²) in [6.45, 7) is 17.8. The smallest absolute Gasteiger partial charge is 0.0698 e. The molecule has 5 radical (unpaired) electrons. The molecule has 0 aliphatic carbocycles. The second-order valence-electron chi connectivity index (χ2n) is 6.69. The Morgan fingerprint density at radius 1 is 1.00 bits per heavy atom. The van der Waals surface area contributed by atoms with Gasteiger partial charge < -0.3 is 0 Å². The summed E-state index contributed by atoms with van der Waals surface area (Å²) in [6, 6.07) is 0.